The largest absolute Gasteiger partial charge is 0.390 e. The molecule has 0 atom stereocenters. The van der Waals surface area contributed by atoms with Crippen LogP contribution in [0.15, 0.2) is 48.8 Å². The second-order valence-electron chi connectivity index (χ2n) is 16.0. The zero-order chi connectivity index (χ0) is 42.0. The molecule has 4 heterocycles. The molecule has 0 saturated heterocycles. The van der Waals surface area contributed by atoms with Gasteiger partial charge < -0.3 is 15.7 Å². The van der Waals surface area contributed by atoms with Crippen LogP contribution in [-0.4, -0.2) is 70.1 Å². The third-order valence-electron chi connectivity index (χ3n) is 10.5. The molecule has 316 valence electrons. The number of aliphatic hydroxyl groups excluding tert-OH is 1. The van der Waals surface area contributed by atoms with E-state index >= 15 is 0 Å². The number of aromatic nitrogens is 6. The number of rotatable bonds is 16. The third-order valence-corrected chi connectivity index (χ3v) is 10.5. The van der Waals surface area contributed by atoms with Crippen LogP contribution in [0.25, 0.3) is 11.6 Å². The van der Waals surface area contributed by atoms with Crippen molar-refractivity contribution in [2.45, 2.75) is 142 Å². The molecule has 0 aromatic carbocycles. The average molecular weight is 815 g/mol. The fourth-order valence-electron chi connectivity index (χ4n) is 6.85. The van der Waals surface area contributed by atoms with E-state index in [1.54, 1.807) is 29.2 Å². The maximum absolute atomic E-state index is 13.4. The molecule has 6 rings (SSSR count). The summed E-state index contributed by atoms with van der Waals surface area (Å²) in [7, 11) is 0. The van der Waals surface area contributed by atoms with E-state index in [4.69, 9.17) is 0 Å². The van der Waals surface area contributed by atoms with Crippen molar-refractivity contribution in [2.75, 3.05) is 10.6 Å². The van der Waals surface area contributed by atoms with Gasteiger partial charge in [0.15, 0.2) is 11.6 Å². The van der Waals surface area contributed by atoms with Crippen molar-refractivity contribution in [1.29, 1.82) is 0 Å². The van der Waals surface area contributed by atoms with Crippen LogP contribution < -0.4 is 10.6 Å². The predicted molar refractivity (Wildman–Crippen MR) is 211 cm³/mol. The minimum atomic E-state index is -2.59. The average Bonchev–Trinajstić information content (AvgIpc) is 3.89. The minimum absolute atomic E-state index is 0.0176. The molecule has 4 aromatic rings. The minimum Gasteiger partial charge on any atom is -0.390 e. The Morgan fingerprint density at radius 2 is 1.10 bits per heavy atom. The number of anilines is 2. The van der Waals surface area contributed by atoms with Crippen LogP contribution in [0.4, 0.5) is 33.6 Å². The Morgan fingerprint density at radius 3 is 1.45 bits per heavy atom. The number of nitrogens with one attached hydrogen (secondary N) is 2. The second-order valence-corrected chi connectivity index (χ2v) is 16.0. The summed E-state index contributed by atoms with van der Waals surface area (Å²) in [6.45, 7) is 6.66. The topological polar surface area (TPSA) is 140 Å². The molecule has 0 radical (unpaired) electrons. The van der Waals surface area contributed by atoms with Crippen molar-refractivity contribution in [1.82, 2.24) is 29.5 Å². The number of ketones is 2. The Hall–Kier alpha value is -4.73. The highest BCUT2D eigenvalue weighted by Gasteiger charge is 2.36. The molecule has 0 spiro atoms. The number of aryl methyl sites for hydroxylation is 2. The Labute approximate surface area is 336 Å². The number of halogens is 5. The lowest BCUT2D eigenvalue weighted by Gasteiger charge is -2.29. The molecule has 0 unspecified atom stereocenters. The van der Waals surface area contributed by atoms with E-state index in [0.717, 1.165) is 11.1 Å². The van der Waals surface area contributed by atoms with Crippen LogP contribution in [0.5, 0.6) is 0 Å². The van der Waals surface area contributed by atoms with Crippen LogP contribution in [-0.2, 0) is 35.7 Å². The summed E-state index contributed by atoms with van der Waals surface area (Å²) in [5, 5.41) is 24.2. The predicted octanol–water partition coefficient (Wildman–Crippen LogP) is 8.79. The maximum atomic E-state index is 13.4. The van der Waals surface area contributed by atoms with Gasteiger partial charge in [-0.25, -0.2) is 41.3 Å². The fourth-order valence-corrected chi connectivity index (χ4v) is 6.85. The first-order valence-electron chi connectivity index (χ1n) is 20.1. The van der Waals surface area contributed by atoms with Gasteiger partial charge in [-0.05, 0) is 86.1 Å². The summed E-state index contributed by atoms with van der Waals surface area (Å²) in [5.74, 6) is -2.65. The van der Waals surface area contributed by atoms with Gasteiger partial charge in [-0.2, -0.15) is 10.2 Å². The SMILES string of the molecule is CC(C)C(=O)CCc1cc(NC2CCC(F)(F)CC2)nc(-n2ccc(CF)n2)c1.CC(C)C(=O)CCc1cc(NC2CCC(F)(F)CC2)nc(-n2ccc(CO)n2)c1. The molecule has 0 aliphatic heterocycles. The van der Waals surface area contributed by atoms with Gasteiger partial charge in [0, 0.05) is 74.8 Å². The van der Waals surface area contributed by atoms with Crippen LogP contribution in [0, 0.1) is 11.8 Å². The van der Waals surface area contributed by atoms with E-state index in [1.807, 2.05) is 52.0 Å². The Bertz CT molecular complexity index is 1820. The Kier molecular flexibility index (Phi) is 15.2. The van der Waals surface area contributed by atoms with Gasteiger partial charge in [0.05, 0.1) is 18.0 Å². The van der Waals surface area contributed by atoms with E-state index in [9.17, 15) is 36.6 Å². The zero-order valence-electron chi connectivity index (χ0n) is 33.7. The number of carbonyl (C=O) groups excluding carboxylic acids is 2. The standard InChI is InChI=1S/C21H27F3N4O.C21H28F2N4O2/c1-14(2)18(29)4-3-15-11-19(25-16-5-8-21(23,24)9-6-16)26-20(12-15)28-10-7-17(13-22)27-28;1-14(2)18(29)4-3-15-11-19(24-16-5-8-21(22,23)9-6-16)25-20(12-15)27-10-7-17(13-28)26-27/h7,10-12,14,16H,3-6,8-9,13H2,1-2H3,(H,25,26);7,10-12,14,16,28H,3-6,8-9,13H2,1-2H3,(H,24,25). The molecule has 16 heteroatoms. The molecule has 2 aliphatic rings. The number of nitrogens with zero attached hydrogens (tertiary/aromatic N) is 6. The van der Waals surface area contributed by atoms with E-state index in [1.165, 1.54) is 4.68 Å². The van der Waals surface area contributed by atoms with Crippen LogP contribution in [0.1, 0.15) is 114 Å². The first-order chi connectivity index (χ1) is 27.5. The number of carbonyl (C=O) groups is 2. The van der Waals surface area contributed by atoms with Crippen molar-refractivity contribution in [3.8, 4) is 11.6 Å². The number of Topliss-reactive ketones (excluding diaryl/α,β-unsaturated/α-hetero) is 2. The highest BCUT2D eigenvalue weighted by Crippen LogP contribution is 2.35. The molecule has 0 bridgehead atoms. The molecule has 0 amide bonds. The van der Waals surface area contributed by atoms with Crippen molar-refractivity contribution in [2.24, 2.45) is 11.8 Å². The highest BCUT2D eigenvalue weighted by atomic mass is 19.3. The van der Waals surface area contributed by atoms with Crippen LogP contribution in [0.3, 0.4) is 0 Å². The van der Waals surface area contributed by atoms with Crippen LogP contribution >= 0.6 is 0 Å². The van der Waals surface area contributed by atoms with Crippen LogP contribution in [0.2, 0.25) is 0 Å². The second kappa shape index (κ2) is 19.8. The number of aliphatic hydroxyl groups is 1. The van der Waals surface area contributed by atoms with Gasteiger partial charge in [0.2, 0.25) is 11.8 Å². The van der Waals surface area contributed by atoms with Gasteiger partial charge in [0.1, 0.15) is 29.9 Å². The maximum Gasteiger partial charge on any atom is 0.248 e. The van der Waals surface area contributed by atoms with Gasteiger partial charge >= 0.3 is 0 Å². The summed E-state index contributed by atoms with van der Waals surface area (Å²) in [5.41, 5.74) is 2.64. The molecule has 11 nitrogen and oxygen atoms in total. The lowest BCUT2D eigenvalue weighted by atomic mass is 9.92. The first-order valence-corrected chi connectivity index (χ1v) is 20.1. The fraction of sp³-hybridized carbons (Fsp3) is 0.571. The summed E-state index contributed by atoms with van der Waals surface area (Å²) < 4.78 is 69.6. The molecule has 2 aliphatic carbocycles. The molecule has 2 fully saturated rings. The van der Waals surface area contributed by atoms with E-state index in [2.05, 4.69) is 30.8 Å². The molecule has 2 saturated carbocycles. The number of alkyl halides is 5. The van der Waals surface area contributed by atoms with Crippen molar-refractivity contribution >= 4 is 23.2 Å². The van der Waals surface area contributed by atoms with Gasteiger partial charge in [-0.3, -0.25) is 9.59 Å². The zero-order valence-corrected chi connectivity index (χ0v) is 33.7. The molecular weight excluding hydrogens is 760 g/mol. The summed E-state index contributed by atoms with van der Waals surface area (Å²) >= 11 is 0. The lowest BCUT2D eigenvalue weighted by Crippen LogP contribution is -2.32. The van der Waals surface area contributed by atoms with Crippen molar-refractivity contribution in [3.05, 3.63) is 71.3 Å². The normalized spacial score (nSPS) is 16.9. The lowest BCUT2D eigenvalue weighted by molar-refractivity contribution is -0.122. The smallest absolute Gasteiger partial charge is 0.248 e. The molecule has 3 N–H and O–H groups in total. The van der Waals surface area contributed by atoms with Gasteiger partial charge in [0.25, 0.3) is 0 Å². The molecule has 58 heavy (non-hydrogen) atoms. The molecule has 4 aromatic heterocycles. The van der Waals surface area contributed by atoms with Crippen molar-refractivity contribution in [3.63, 3.8) is 0 Å². The first kappa shape index (κ1) is 44.4. The third kappa shape index (κ3) is 13.1. The van der Waals surface area contributed by atoms with E-state index in [0.29, 0.717) is 86.0 Å². The van der Waals surface area contributed by atoms with E-state index in [-0.39, 0.29) is 67.8 Å². The Morgan fingerprint density at radius 1 is 0.707 bits per heavy atom. The summed E-state index contributed by atoms with van der Waals surface area (Å²) in [6, 6.07) is 10.5. The Balaban J connectivity index is 0.000000221. The van der Waals surface area contributed by atoms with Gasteiger partial charge in [-0.15, -0.1) is 0 Å². The number of pyridine rings is 2. The quantitative estimate of drug-likeness (QED) is 0.0948. The number of hydrogen-bond donors (Lipinski definition) is 3. The monoisotopic (exact) mass is 814 g/mol. The molecular formula is C42H55F5N8O3. The number of hydrogen-bond acceptors (Lipinski definition) is 9. The summed E-state index contributed by atoms with van der Waals surface area (Å²) in [4.78, 5) is 33.2. The van der Waals surface area contributed by atoms with Gasteiger partial charge in [-0.1, -0.05) is 27.7 Å². The van der Waals surface area contributed by atoms with E-state index < -0.39 is 18.5 Å². The van der Waals surface area contributed by atoms with Crippen molar-refractivity contribution < 1.29 is 36.6 Å². The highest BCUT2D eigenvalue weighted by molar-refractivity contribution is 5.81. The summed E-state index contributed by atoms with van der Waals surface area (Å²) in [6.07, 6.45) is 6.26.